The minimum Gasteiger partial charge on any atom is -0.379 e. The fourth-order valence-electron chi connectivity index (χ4n) is 1.87. The topological polar surface area (TPSA) is 94.8 Å². The molecule has 2 rings (SSSR count). The predicted octanol–water partition coefficient (Wildman–Crippen LogP) is 1.88. The van der Waals surface area contributed by atoms with Crippen LogP contribution in [0.25, 0.3) is 10.9 Å². The lowest BCUT2D eigenvalue weighted by molar-refractivity contribution is -0.118. The second kappa shape index (κ2) is 7.81. The zero-order valence-corrected chi connectivity index (χ0v) is 12.4. The zero-order chi connectivity index (χ0) is 13.7. The number of thioether (sulfide) groups is 1. The number of fused-ring (bicyclic) bond motifs is 1. The molecule has 0 radical (unpaired) electrons. The van der Waals surface area contributed by atoms with Crippen molar-refractivity contribution in [3.8, 4) is 0 Å². The fourth-order valence-corrected chi connectivity index (χ4v) is 2.26. The average Bonchev–Trinajstić information content (AvgIpc) is 2.80. The third-order valence-corrected chi connectivity index (χ3v) is 3.47. The number of amides is 1. The molecule has 0 aliphatic rings. The number of carbonyl (C=O) groups excluding carboxylic acids is 1. The number of rotatable bonds is 5. The molecule has 1 heterocycles. The van der Waals surface area contributed by atoms with E-state index in [1.807, 2.05) is 24.4 Å². The summed E-state index contributed by atoms with van der Waals surface area (Å²) in [7, 11) is 0. The lowest BCUT2D eigenvalue weighted by Crippen LogP contribution is -2.28. The standard InChI is InChI=1S/C13H16N4OS.ClH/c14-13(15)19-8-12(18)16-6-5-9-7-17-11-4-2-1-3-10(9)11;/h1-4,7,17H,5-6,8H2,(H3,14,15)(H,16,18);1H. The predicted molar refractivity (Wildman–Crippen MR) is 86.6 cm³/mol. The number of halogens is 1. The van der Waals surface area contributed by atoms with Crippen molar-refractivity contribution in [2.75, 3.05) is 12.3 Å². The molecule has 5 nitrogen and oxygen atoms in total. The van der Waals surface area contributed by atoms with Crippen LogP contribution >= 0.6 is 24.2 Å². The summed E-state index contributed by atoms with van der Waals surface area (Å²) < 4.78 is 0. The summed E-state index contributed by atoms with van der Waals surface area (Å²) in [6, 6.07) is 8.08. The molecular weight excluding hydrogens is 296 g/mol. The van der Waals surface area contributed by atoms with Crippen LogP contribution in [0.4, 0.5) is 0 Å². The Kier molecular flexibility index (Phi) is 6.41. The SMILES string of the molecule is Cl.N=C(N)SCC(=O)NCCc1c[nH]c2ccccc12. The van der Waals surface area contributed by atoms with Gasteiger partial charge in [-0.05, 0) is 18.1 Å². The van der Waals surface area contributed by atoms with E-state index in [0.29, 0.717) is 6.54 Å². The van der Waals surface area contributed by atoms with Crippen molar-refractivity contribution >= 4 is 46.1 Å². The van der Waals surface area contributed by atoms with Crippen LogP contribution in [-0.2, 0) is 11.2 Å². The molecule has 20 heavy (non-hydrogen) atoms. The number of nitrogens with two attached hydrogens (primary N) is 1. The number of benzene rings is 1. The van der Waals surface area contributed by atoms with Crippen molar-refractivity contribution in [2.45, 2.75) is 6.42 Å². The molecule has 0 saturated carbocycles. The van der Waals surface area contributed by atoms with Crippen LogP contribution in [0.3, 0.4) is 0 Å². The summed E-state index contributed by atoms with van der Waals surface area (Å²) in [5.74, 6) is 0.100. The second-order valence-electron chi connectivity index (χ2n) is 4.11. The fraction of sp³-hybridized carbons (Fsp3) is 0.231. The summed E-state index contributed by atoms with van der Waals surface area (Å²) in [5.41, 5.74) is 7.47. The molecule has 0 bridgehead atoms. The van der Waals surface area contributed by atoms with E-state index in [4.69, 9.17) is 11.1 Å². The van der Waals surface area contributed by atoms with Gasteiger partial charge < -0.3 is 16.0 Å². The van der Waals surface area contributed by atoms with E-state index in [1.54, 1.807) is 0 Å². The lowest BCUT2D eigenvalue weighted by Gasteiger charge is -2.04. The molecule has 108 valence electrons. The van der Waals surface area contributed by atoms with Gasteiger partial charge in [0.05, 0.1) is 5.75 Å². The maximum Gasteiger partial charge on any atom is 0.230 e. The quantitative estimate of drug-likeness (QED) is 0.501. The van der Waals surface area contributed by atoms with Crippen molar-refractivity contribution in [1.82, 2.24) is 10.3 Å². The number of para-hydroxylation sites is 1. The molecule has 2 aromatic rings. The number of hydrogen-bond donors (Lipinski definition) is 4. The van der Waals surface area contributed by atoms with Gasteiger partial charge in [0, 0.05) is 23.6 Å². The molecule has 1 aromatic carbocycles. The van der Waals surface area contributed by atoms with Gasteiger partial charge >= 0.3 is 0 Å². The minimum atomic E-state index is -0.0972. The van der Waals surface area contributed by atoms with E-state index in [9.17, 15) is 4.79 Å². The van der Waals surface area contributed by atoms with E-state index in [-0.39, 0.29) is 29.2 Å². The van der Waals surface area contributed by atoms with Crippen molar-refractivity contribution in [3.05, 3.63) is 36.0 Å². The summed E-state index contributed by atoms with van der Waals surface area (Å²) in [5, 5.41) is 11.0. The number of carbonyl (C=O) groups is 1. The molecule has 7 heteroatoms. The maximum absolute atomic E-state index is 11.4. The minimum absolute atomic E-state index is 0. The van der Waals surface area contributed by atoms with Gasteiger partial charge in [0.1, 0.15) is 0 Å². The Bertz CT molecular complexity index is 599. The van der Waals surface area contributed by atoms with Crippen LogP contribution in [0.1, 0.15) is 5.56 Å². The zero-order valence-electron chi connectivity index (χ0n) is 10.8. The summed E-state index contributed by atoms with van der Waals surface area (Å²) >= 11 is 1.03. The number of amidine groups is 1. The Morgan fingerprint density at radius 2 is 2.15 bits per heavy atom. The molecule has 0 atom stereocenters. The van der Waals surface area contributed by atoms with Crippen LogP contribution in [0.5, 0.6) is 0 Å². The highest BCUT2D eigenvalue weighted by molar-refractivity contribution is 8.14. The molecule has 0 fully saturated rings. The number of aromatic nitrogens is 1. The Morgan fingerprint density at radius 1 is 1.40 bits per heavy atom. The number of H-pyrrole nitrogens is 1. The lowest BCUT2D eigenvalue weighted by atomic mass is 10.1. The van der Waals surface area contributed by atoms with Crippen LogP contribution in [-0.4, -0.2) is 28.4 Å². The molecule has 0 saturated heterocycles. The molecule has 0 aliphatic carbocycles. The van der Waals surface area contributed by atoms with Crippen LogP contribution in [0.2, 0.25) is 0 Å². The van der Waals surface area contributed by atoms with Crippen molar-refractivity contribution in [3.63, 3.8) is 0 Å². The van der Waals surface area contributed by atoms with Gasteiger partial charge in [-0.3, -0.25) is 10.2 Å². The molecule has 0 aliphatic heterocycles. The first-order valence-electron chi connectivity index (χ1n) is 5.95. The number of nitrogens with one attached hydrogen (secondary N) is 3. The maximum atomic E-state index is 11.4. The van der Waals surface area contributed by atoms with Crippen molar-refractivity contribution in [1.29, 1.82) is 5.41 Å². The average molecular weight is 313 g/mol. The van der Waals surface area contributed by atoms with Gasteiger partial charge in [0.25, 0.3) is 0 Å². The number of aromatic amines is 1. The van der Waals surface area contributed by atoms with E-state index in [0.717, 1.165) is 23.7 Å². The number of hydrogen-bond acceptors (Lipinski definition) is 3. The highest BCUT2D eigenvalue weighted by Crippen LogP contribution is 2.17. The van der Waals surface area contributed by atoms with Gasteiger partial charge in [-0.2, -0.15) is 0 Å². The highest BCUT2D eigenvalue weighted by atomic mass is 35.5. The van der Waals surface area contributed by atoms with Gasteiger partial charge in [-0.1, -0.05) is 30.0 Å². The molecular formula is C13H17ClN4OS. The third-order valence-electron chi connectivity index (χ3n) is 2.75. The largest absolute Gasteiger partial charge is 0.379 e. The Labute approximate surface area is 127 Å². The van der Waals surface area contributed by atoms with E-state index in [1.165, 1.54) is 10.9 Å². The first kappa shape index (κ1) is 16.4. The van der Waals surface area contributed by atoms with Crippen molar-refractivity contribution < 1.29 is 4.79 Å². The first-order chi connectivity index (χ1) is 9.16. The van der Waals surface area contributed by atoms with Crippen LogP contribution in [0, 0.1) is 5.41 Å². The highest BCUT2D eigenvalue weighted by Gasteiger charge is 2.05. The Balaban J connectivity index is 0.00000200. The van der Waals surface area contributed by atoms with Gasteiger partial charge in [0.2, 0.25) is 5.91 Å². The monoisotopic (exact) mass is 312 g/mol. The van der Waals surface area contributed by atoms with Crippen LogP contribution < -0.4 is 11.1 Å². The second-order valence-corrected chi connectivity index (χ2v) is 5.13. The molecule has 1 amide bonds. The Morgan fingerprint density at radius 3 is 2.90 bits per heavy atom. The molecule has 1 aromatic heterocycles. The first-order valence-corrected chi connectivity index (χ1v) is 6.94. The van der Waals surface area contributed by atoms with Crippen molar-refractivity contribution in [2.24, 2.45) is 5.73 Å². The van der Waals surface area contributed by atoms with E-state index >= 15 is 0 Å². The van der Waals surface area contributed by atoms with E-state index < -0.39 is 0 Å². The molecule has 0 spiro atoms. The summed E-state index contributed by atoms with van der Waals surface area (Å²) in [4.78, 5) is 14.7. The summed E-state index contributed by atoms with van der Waals surface area (Å²) in [6.07, 6.45) is 2.75. The molecule has 5 N–H and O–H groups in total. The van der Waals surface area contributed by atoms with E-state index in [2.05, 4.69) is 16.4 Å². The van der Waals surface area contributed by atoms with Crippen LogP contribution in [0.15, 0.2) is 30.5 Å². The Hall–Kier alpha value is -1.66. The van der Waals surface area contributed by atoms with Gasteiger partial charge in [0.15, 0.2) is 5.17 Å². The molecule has 0 unspecified atom stereocenters. The van der Waals surface area contributed by atoms with Gasteiger partial charge in [-0.25, -0.2) is 0 Å². The van der Waals surface area contributed by atoms with Gasteiger partial charge in [-0.15, -0.1) is 12.4 Å². The summed E-state index contributed by atoms with van der Waals surface area (Å²) in [6.45, 7) is 0.582. The third kappa shape index (κ3) is 4.47. The smallest absolute Gasteiger partial charge is 0.230 e. The normalized spacial score (nSPS) is 10.0.